The van der Waals surface area contributed by atoms with Gasteiger partial charge in [0.25, 0.3) is 11.7 Å². The highest BCUT2D eigenvalue weighted by Crippen LogP contribution is 2.41. The van der Waals surface area contributed by atoms with E-state index in [0.717, 1.165) is 17.7 Å². The second-order valence-electron chi connectivity index (χ2n) is 8.85. The van der Waals surface area contributed by atoms with Crippen LogP contribution in [0.15, 0.2) is 48.0 Å². The molecule has 7 heteroatoms. The summed E-state index contributed by atoms with van der Waals surface area (Å²) in [5.41, 5.74) is 1.92. The van der Waals surface area contributed by atoms with E-state index in [4.69, 9.17) is 4.74 Å². The zero-order valence-electron chi connectivity index (χ0n) is 19.8. The number of ketones is 1. The molecule has 0 bridgehead atoms. The smallest absolute Gasteiger partial charge is 0.295 e. The second kappa shape index (κ2) is 10.1. The summed E-state index contributed by atoms with van der Waals surface area (Å²) < 4.78 is 5.10. The molecule has 3 rings (SSSR count). The number of likely N-dealkylation sites (tertiary alicyclic amines) is 1. The molecule has 2 aromatic rings. The monoisotopic (exact) mass is 452 g/mol. The van der Waals surface area contributed by atoms with Crippen molar-refractivity contribution in [3.05, 3.63) is 64.7 Å². The number of carbonyl (C=O) groups excluding carboxylic acids is 2. The summed E-state index contributed by atoms with van der Waals surface area (Å²) >= 11 is 0. The van der Waals surface area contributed by atoms with Crippen molar-refractivity contribution in [2.24, 2.45) is 0 Å². The number of nitrogens with zero attached hydrogens (tertiary/aromatic N) is 2. The lowest BCUT2D eigenvalue weighted by atomic mass is 9.93. The van der Waals surface area contributed by atoms with Gasteiger partial charge < -0.3 is 24.7 Å². The van der Waals surface area contributed by atoms with Gasteiger partial charge in [-0.3, -0.25) is 9.59 Å². The minimum absolute atomic E-state index is 0.0254. The van der Waals surface area contributed by atoms with Gasteiger partial charge in [-0.1, -0.05) is 38.1 Å². The number of ether oxygens (including phenoxy) is 1. The molecule has 1 atom stereocenters. The summed E-state index contributed by atoms with van der Waals surface area (Å²) in [5.74, 6) is -1.30. The number of rotatable bonds is 8. The van der Waals surface area contributed by atoms with Crippen LogP contribution in [0.3, 0.4) is 0 Å². The molecule has 1 aliphatic rings. The number of aliphatic hydroxyl groups excluding tert-OH is 1. The van der Waals surface area contributed by atoms with E-state index in [-0.39, 0.29) is 16.9 Å². The van der Waals surface area contributed by atoms with Crippen molar-refractivity contribution in [2.45, 2.75) is 32.2 Å². The van der Waals surface area contributed by atoms with Crippen molar-refractivity contribution in [2.75, 3.05) is 34.3 Å². The average Bonchev–Trinajstić information content (AvgIpc) is 3.03. The molecule has 1 fully saturated rings. The van der Waals surface area contributed by atoms with E-state index < -0.39 is 23.5 Å². The van der Waals surface area contributed by atoms with E-state index in [2.05, 4.69) is 13.8 Å². The van der Waals surface area contributed by atoms with Gasteiger partial charge in [0, 0.05) is 12.6 Å². The maximum Gasteiger partial charge on any atom is 0.295 e. The van der Waals surface area contributed by atoms with Gasteiger partial charge in [0.15, 0.2) is 0 Å². The SMILES string of the molecule is COc1ccc(/C(O)=C2\C(=O)C(=O)N(CCCN(C)C)C2c2ccc(C(C)C)cc2)c(O)c1. The summed E-state index contributed by atoms with van der Waals surface area (Å²) in [4.78, 5) is 29.6. The third-order valence-electron chi connectivity index (χ3n) is 5.92. The Labute approximate surface area is 194 Å². The fourth-order valence-electron chi connectivity index (χ4n) is 4.06. The van der Waals surface area contributed by atoms with E-state index in [0.29, 0.717) is 24.6 Å². The number of hydrogen-bond acceptors (Lipinski definition) is 6. The summed E-state index contributed by atoms with van der Waals surface area (Å²) in [6.07, 6.45) is 0.675. The Bertz CT molecular complexity index is 1060. The predicted octanol–water partition coefficient (Wildman–Crippen LogP) is 3.90. The fourth-order valence-corrected chi connectivity index (χ4v) is 4.06. The summed E-state index contributed by atoms with van der Waals surface area (Å²) in [7, 11) is 5.36. The van der Waals surface area contributed by atoms with Gasteiger partial charge in [0.2, 0.25) is 0 Å². The van der Waals surface area contributed by atoms with Crippen molar-refractivity contribution in [3.8, 4) is 11.5 Å². The van der Waals surface area contributed by atoms with Gasteiger partial charge in [-0.15, -0.1) is 0 Å². The van der Waals surface area contributed by atoms with Crippen LogP contribution in [-0.4, -0.2) is 66.0 Å². The second-order valence-corrected chi connectivity index (χ2v) is 8.85. The lowest BCUT2D eigenvalue weighted by Crippen LogP contribution is -2.32. The van der Waals surface area contributed by atoms with Crippen LogP contribution >= 0.6 is 0 Å². The quantitative estimate of drug-likeness (QED) is 0.359. The summed E-state index contributed by atoms with van der Waals surface area (Å²) in [6.45, 7) is 5.30. The molecule has 1 amide bonds. The van der Waals surface area contributed by atoms with Crippen LogP contribution < -0.4 is 4.74 Å². The van der Waals surface area contributed by atoms with Crippen LogP contribution in [-0.2, 0) is 9.59 Å². The average molecular weight is 453 g/mol. The van der Waals surface area contributed by atoms with Gasteiger partial charge in [0.1, 0.15) is 17.3 Å². The molecule has 0 aliphatic carbocycles. The number of amides is 1. The third-order valence-corrected chi connectivity index (χ3v) is 5.92. The maximum absolute atomic E-state index is 13.1. The molecule has 7 nitrogen and oxygen atoms in total. The van der Waals surface area contributed by atoms with Gasteiger partial charge in [-0.05, 0) is 56.2 Å². The van der Waals surface area contributed by atoms with Gasteiger partial charge in [-0.25, -0.2) is 0 Å². The molecule has 0 aromatic heterocycles. The van der Waals surface area contributed by atoms with Crippen molar-refractivity contribution >= 4 is 17.4 Å². The molecule has 2 N–H and O–H groups in total. The molecule has 1 heterocycles. The molecule has 1 aliphatic heterocycles. The lowest BCUT2D eigenvalue weighted by molar-refractivity contribution is -0.139. The number of carbonyl (C=O) groups is 2. The number of aromatic hydroxyl groups is 1. The zero-order chi connectivity index (χ0) is 24.3. The first kappa shape index (κ1) is 24.3. The largest absolute Gasteiger partial charge is 0.507 e. The Kier molecular flexibility index (Phi) is 7.43. The van der Waals surface area contributed by atoms with Gasteiger partial charge >= 0.3 is 0 Å². The first-order valence-electron chi connectivity index (χ1n) is 11.1. The molecular formula is C26H32N2O5. The molecule has 0 radical (unpaired) electrons. The van der Waals surface area contributed by atoms with E-state index in [1.165, 1.54) is 24.1 Å². The number of hydrogen-bond donors (Lipinski definition) is 2. The maximum atomic E-state index is 13.1. The lowest BCUT2D eigenvalue weighted by Gasteiger charge is -2.26. The molecule has 1 saturated heterocycles. The molecule has 176 valence electrons. The minimum Gasteiger partial charge on any atom is -0.507 e. The highest BCUT2D eigenvalue weighted by Gasteiger charge is 2.46. The topological polar surface area (TPSA) is 90.3 Å². The number of benzene rings is 2. The number of methoxy groups -OCH3 is 1. The van der Waals surface area contributed by atoms with E-state index in [9.17, 15) is 19.8 Å². The molecule has 2 aromatic carbocycles. The predicted molar refractivity (Wildman–Crippen MR) is 127 cm³/mol. The number of aliphatic hydroxyl groups is 1. The summed E-state index contributed by atoms with van der Waals surface area (Å²) in [6, 6.07) is 11.4. The first-order valence-corrected chi connectivity index (χ1v) is 11.1. The highest BCUT2D eigenvalue weighted by atomic mass is 16.5. The minimum atomic E-state index is -0.759. The fraction of sp³-hybridized carbons (Fsp3) is 0.385. The highest BCUT2D eigenvalue weighted by molar-refractivity contribution is 6.46. The Hall–Kier alpha value is -3.32. The third kappa shape index (κ3) is 5.03. The van der Waals surface area contributed by atoms with Crippen molar-refractivity contribution in [1.82, 2.24) is 9.80 Å². The number of phenolic OH excluding ortho intramolecular Hbond substituents is 1. The van der Waals surface area contributed by atoms with Crippen LogP contribution in [0.5, 0.6) is 11.5 Å². The zero-order valence-corrected chi connectivity index (χ0v) is 19.8. The van der Waals surface area contributed by atoms with Crippen molar-refractivity contribution in [1.29, 1.82) is 0 Å². The normalized spacial score (nSPS) is 17.9. The van der Waals surface area contributed by atoms with E-state index in [1.807, 2.05) is 43.3 Å². The van der Waals surface area contributed by atoms with Gasteiger partial charge in [-0.2, -0.15) is 0 Å². The standard InChI is InChI=1S/C26H32N2O5/c1-16(2)17-7-9-18(10-8-17)23-22(24(30)20-12-11-19(33-5)15-21(20)29)25(31)26(32)28(23)14-6-13-27(3)4/h7-12,15-16,23,29-30H,6,13-14H2,1-5H3/b24-22+. The van der Waals surface area contributed by atoms with Gasteiger partial charge in [0.05, 0.1) is 24.3 Å². The molecule has 1 unspecified atom stereocenters. The molecule has 0 spiro atoms. The Balaban J connectivity index is 2.12. The number of phenols is 1. The Morgan fingerprint density at radius 1 is 1.12 bits per heavy atom. The number of Topliss-reactive ketones (excluding diaryl/α,β-unsaturated/α-hetero) is 1. The van der Waals surface area contributed by atoms with Crippen molar-refractivity contribution in [3.63, 3.8) is 0 Å². The van der Waals surface area contributed by atoms with Crippen LogP contribution in [0.4, 0.5) is 0 Å². The Morgan fingerprint density at radius 2 is 1.79 bits per heavy atom. The molecule has 0 saturated carbocycles. The molecular weight excluding hydrogens is 420 g/mol. The van der Waals surface area contributed by atoms with Crippen molar-refractivity contribution < 1.29 is 24.5 Å². The van der Waals surface area contributed by atoms with E-state index in [1.54, 1.807) is 6.07 Å². The Morgan fingerprint density at radius 3 is 2.33 bits per heavy atom. The summed E-state index contributed by atoms with van der Waals surface area (Å²) in [5, 5.41) is 21.6. The van der Waals surface area contributed by atoms with Crippen LogP contribution in [0.2, 0.25) is 0 Å². The van der Waals surface area contributed by atoms with Crippen LogP contribution in [0.1, 0.15) is 48.9 Å². The first-order chi connectivity index (χ1) is 15.6. The van der Waals surface area contributed by atoms with Crippen LogP contribution in [0.25, 0.3) is 5.76 Å². The van der Waals surface area contributed by atoms with E-state index >= 15 is 0 Å². The van der Waals surface area contributed by atoms with Crippen LogP contribution in [0, 0.1) is 0 Å². The molecule has 33 heavy (non-hydrogen) atoms.